The van der Waals surface area contributed by atoms with Crippen LogP contribution in [0.4, 0.5) is 23.1 Å². The van der Waals surface area contributed by atoms with Crippen molar-refractivity contribution >= 4 is 29.1 Å². The van der Waals surface area contributed by atoms with Crippen LogP contribution in [0.3, 0.4) is 0 Å². The fourth-order valence-electron chi connectivity index (χ4n) is 3.19. The Hall–Kier alpha value is -3.62. The van der Waals surface area contributed by atoms with Gasteiger partial charge in [0.1, 0.15) is 0 Å². The molecule has 1 aliphatic heterocycles. The lowest BCUT2D eigenvalue weighted by Crippen LogP contribution is -2.32. The van der Waals surface area contributed by atoms with E-state index in [0.717, 1.165) is 41.5 Å². The van der Waals surface area contributed by atoms with Crippen LogP contribution in [0, 0.1) is 0 Å². The third kappa shape index (κ3) is 3.46. The molecule has 0 saturated heterocycles. The van der Waals surface area contributed by atoms with E-state index in [1.807, 2.05) is 19.0 Å². The Bertz CT molecular complexity index is 998. The van der Waals surface area contributed by atoms with Gasteiger partial charge in [-0.2, -0.15) is 4.98 Å². The van der Waals surface area contributed by atoms with Crippen molar-refractivity contribution < 1.29 is 9.90 Å². The largest absolute Gasteiger partial charge is 0.478 e. The highest BCUT2D eigenvalue weighted by Gasteiger charge is 2.23. The second kappa shape index (κ2) is 7.18. The average Bonchev–Trinajstić information content (AvgIpc) is 3.16. The average molecular weight is 379 g/mol. The van der Waals surface area contributed by atoms with E-state index in [1.165, 1.54) is 0 Å². The lowest BCUT2D eigenvalue weighted by atomic mass is 10.1. The number of imidazole rings is 1. The summed E-state index contributed by atoms with van der Waals surface area (Å²) in [5.41, 5.74) is 4.10. The number of rotatable bonds is 5. The number of benzene rings is 1. The van der Waals surface area contributed by atoms with E-state index in [2.05, 4.69) is 25.2 Å². The minimum absolute atomic E-state index is 0.235. The first-order valence-electron chi connectivity index (χ1n) is 8.92. The number of fused-ring (bicyclic) bond motifs is 1. The van der Waals surface area contributed by atoms with Crippen LogP contribution in [-0.2, 0) is 13.0 Å². The summed E-state index contributed by atoms with van der Waals surface area (Å²) in [6.07, 6.45) is 4.38. The van der Waals surface area contributed by atoms with Crippen molar-refractivity contribution in [3.8, 4) is 0 Å². The number of anilines is 4. The minimum atomic E-state index is -0.955. The summed E-state index contributed by atoms with van der Waals surface area (Å²) in [5, 5.41) is 12.2. The van der Waals surface area contributed by atoms with Crippen molar-refractivity contribution in [2.75, 3.05) is 35.8 Å². The Morgan fingerprint density at radius 1 is 1.25 bits per heavy atom. The molecule has 0 aliphatic carbocycles. The Labute approximate surface area is 162 Å². The van der Waals surface area contributed by atoms with Crippen LogP contribution < -0.4 is 15.1 Å². The van der Waals surface area contributed by atoms with Gasteiger partial charge in [-0.05, 0) is 24.3 Å². The molecule has 0 unspecified atom stereocenters. The monoisotopic (exact) mass is 379 g/mol. The van der Waals surface area contributed by atoms with Crippen LogP contribution in [0.5, 0.6) is 0 Å². The predicted molar refractivity (Wildman–Crippen MR) is 106 cm³/mol. The Balaban J connectivity index is 1.61. The molecule has 0 spiro atoms. The molecule has 3 heterocycles. The smallest absolute Gasteiger partial charge is 0.335 e. The second-order valence-corrected chi connectivity index (χ2v) is 6.80. The Morgan fingerprint density at radius 2 is 2.04 bits per heavy atom. The molecule has 9 heteroatoms. The maximum atomic E-state index is 11.0. The van der Waals surface area contributed by atoms with Crippen LogP contribution in [-0.4, -0.2) is 51.7 Å². The molecule has 1 aliphatic rings. The van der Waals surface area contributed by atoms with Crippen LogP contribution in [0.1, 0.15) is 21.7 Å². The number of nitrogens with one attached hydrogen (secondary N) is 2. The van der Waals surface area contributed by atoms with Crippen molar-refractivity contribution in [2.24, 2.45) is 0 Å². The number of carboxylic acid groups (broad SMARTS) is 1. The zero-order valence-corrected chi connectivity index (χ0v) is 15.7. The third-order valence-electron chi connectivity index (χ3n) is 4.69. The number of aromatic amines is 1. The molecule has 144 valence electrons. The molecule has 0 atom stereocenters. The van der Waals surface area contributed by atoms with Crippen molar-refractivity contribution in [3.63, 3.8) is 0 Å². The van der Waals surface area contributed by atoms with Gasteiger partial charge in [0.15, 0.2) is 5.82 Å². The highest BCUT2D eigenvalue weighted by atomic mass is 16.4. The molecule has 2 aromatic heterocycles. The molecule has 28 heavy (non-hydrogen) atoms. The van der Waals surface area contributed by atoms with Crippen LogP contribution in [0.25, 0.3) is 0 Å². The minimum Gasteiger partial charge on any atom is -0.478 e. The molecule has 3 N–H and O–H groups in total. The fraction of sp³-hybridized carbons (Fsp3) is 0.263. The normalized spacial score (nSPS) is 13.1. The zero-order valence-electron chi connectivity index (χ0n) is 15.7. The van der Waals surface area contributed by atoms with E-state index < -0.39 is 5.97 Å². The Morgan fingerprint density at radius 3 is 2.75 bits per heavy atom. The first-order chi connectivity index (χ1) is 13.5. The predicted octanol–water partition coefficient (Wildman–Crippen LogP) is 2.27. The first-order valence-corrected chi connectivity index (χ1v) is 8.92. The van der Waals surface area contributed by atoms with E-state index in [1.54, 1.807) is 36.8 Å². The topological polar surface area (TPSA) is 110 Å². The third-order valence-corrected chi connectivity index (χ3v) is 4.69. The summed E-state index contributed by atoms with van der Waals surface area (Å²) >= 11 is 0. The number of hydrogen-bond acceptors (Lipinski definition) is 7. The first kappa shape index (κ1) is 17.8. The van der Waals surface area contributed by atoms with Crippen molar-refractivity contribution in [1.82, 2.24) is 19.9 Å². The van der Waals surface area contributed by atoms with Crippen LogP contribution >= 0.6 is 0 Å². The number of nitrogens with zero attached hydrogens (tertiary/aromatic N) is 5. The molecule has 0 amide bonds. The second-order valence-electron chi connectivity index (χ2n) is 6.80. The zero-order chi connectivity index (χ0) is 19.7. The Kier molecular flexibility index (Phi) is 4.56. The van der Waals surface area contributed by atoms with Gasteiger partial charge in [0.05, 0.1) is 41.7 Å². The van der Waals surface area contributed by atoms with Gasteiger partial charge in [-0.3, -0.25) is 0 Å². The maximum Gasteiger partial charge on any atom is 0.335 e. The van der Waals surface area contributed by atoms with E-state index in [0.29, 0.717) is 12.5 Å². The summed E-state index contributed by atoms with van der Waals surface area (Å²) in [6, 6.07) is 6.49. The molecule has 3 aromatic rings. The maximum absolute atomic E-state index is 11.0. The molecule has 0 saturated carbocycles. The van der Waals surface area contributed by atoms with Gasteiger partial charge in [-0.25, -0.2) is 14.8 Å². The highest BCUT2D eigenvalue weighted by molar-refractivity contribution is 5.88. The quantitative estimate of drug-likeness (QED) is 0.619. The van der Waals surface area contributed by atoms with Crippen LogP contribution in [0.2, 0.25) is 0 Å². The van der Waals surface area contributed by atoms with E-state index in [4.69, 9.17) is 10.1 Å². The van der Waals surface area contributed by atoms with Crippen LogP contribution in [0.15, 0.2) is 36.8 Å². The van der Waals surface area contributed by atoms with Crippen molar-refractivity contribution in [2.45, 2.75) is 13.0 Å². The van der Waals surface area contributed by atoms with E-state index in [-0.39, 0.29) is 5.56 Å². The molecular weight excluding hydrogens is 358 g/mol. The summed E-state index contributed by atoms with van der Waals surface area (Å²) in [4.78, 5) is 31.9. The molecular formula is C19H21N7O2. The molecule has 1 aromatic carbocycles. The molecule has 9 nitrogen and oxygen atoms in total. The molecule has 0 bridgehead atoms. The SMILES string of the molecule is CN(C)c1cnc(Nc2ccc(C(=O)O)cc2)nc1N1CCc2nc[nH]c2C1. The van der Waals surface area contributed by atoms with Gasteiger partial charge >= 0.3 is 5.97 Å². The number of carbonyl (C=O) groups is 1. The van der Waals surface area contributed by atoms with Crippen molar-refractivity contribution in [1.29, 1.82) is 0 Å². The number of H-pyrrole nitrogens is 1. The van der Waals surface area contributed by atoms with Gasteiger partial charge < -0.3 is 25.2 Å². The van der Waals surface area contributed by atoms with Gasteiger partial charge in [0.2, 0.25) is 5.95 Å². The van der Waals surface area contributed by atoms with Gasteiger partial charge in [0.25, 0.3) is 0 Å². The van der Waals surface area contributed by atoms with Gasteiger partial charge in [0, 0.05) is 32.7 Å². The summed E-state index contributed by atoms with van der Waals surface area (Å²) in [5.74, 6) is 0.340. The highest BCUT2D eigenvalue weighted by Crippen LogP contribution is 2.30. The van der Waals surface area contributed by atoms with E-state index >= 15 is 0 Å². The summed E-state index contributed by atoms with van der Waals surface area (Å²) in [7, 11) is 3.93. The van der Waals surface area contributed by atoms with Gasteiger partial charge in [-0.1, -0.05) is 0 Å². The lowest BCUT2D eigenvalue weighted by Gasteiger charge is -2.30. The number of aromatic nitrogens is 4. The molecule has 4 rings (SSSR count). The standard InChI is InChI=1S/C19H21N7O2/c1-25(2)16-9-20-19(23-13-5-3-12(4-6-13)18(27)28)24-17(16)26-8-7-14-15(10-26)22-11-21-14/h3-6,9,11H,7-8,10H2,1-2H3,(H,21,22)(H,27,28)(H,20,23,24). The number of aromatic carboxylic acids is 1. The number of carboxylic acids is 1. The van der Waals surface area contributed by atoms with Crippen molar-refractivity contribution in [3.05, 3.63) is 53.7 Å². The number of hydrogen-bond donors (Lipinski definition) is 3. The molecule has 0 radical (unpaired) electrons. The fourth-order valence-corrected chi connectivity index (χ4v) is 3.19. The van der Waals surface area contributed by atoms with E-state index in [9.17, 15) is 4.79 Å². The van der Waals surface area contributed by atoms with Gasteiger partial charge in [-0.15, -0.1) is 0 Å². The summed E-state index contributed by atoms with van der Waals surface area (Å²) in [6.45, 7) is 1.53. The molecule has 0 fully saturated rings. The lowest BCUT2D eigenvalue weighted by molar-refractivity contribution is 0.0697. The summed E-state index contributed by atoms with van der Waals surface area (Å²) < 4.78 is 0.